The average Bonchev–Trinajstić information content (AvgIpc) is 2.28. The third-order valence-electron chi connectivity index (χ3n) is 2.92. The predicted octanol–water partition coefficient (Wildman–Crippen LogP) is 4.27. The number of hydrogen-bond donors (Lipinski definition) is 1. The summed E-state index contributed by atoms with van der Waals surface area (Å²) in [5, 5.41) is 0. The van der Waals surface area contributed by atoms with Crippen molar-refractivity contribution in [2.24, 2.45) is 0 Å². The molecule has 2 N–H and O–H groups in total. The van der Waals surface area contributed by atoms with Gasteiger partial charge in [-0.25, -0.2) is 4.39 Å². The Morgan fingerprint density at radius 2 is 1.57 bits per heavy atom. The highest BCUT2D eigenvalue weighted by Crippen LogP contribution is 2.50. The first-order valence-electron chi connectivity index (χ1n) is 5.59. The van der Waals surface area contributed by atoms with Crippen LogP contribution in [0.4, 0.5) is 36.4 Å². The van der Waals surface area contributed by atoms with Gasteiger partial charge in [-0.05, 0) is 18.6 Å². The van der Waals surface area contributed by atoms with Crippen LogP contribution in [0.15, 0.2) is 12.1 Å². The van der Waals surface area contributed by atoms with E-state index in [4.69, 9.17) is 5.73 Å². The number of methoxy groups -OCH3 is 1. The van der Waals surface area contributed by atoms with Crippen molar-refractivity contribution < 1.29 is 35.5 Å². The summed E-state index contributed by atoms with van der Waals surface area (Å²) in [5.74, 6) is -0.321. The molecule has 0 bridgehead atoms. The monoisotopic (exact) mass is 319 g/mol. The molecule has 9 heteroatoms. The molecule has 0 saturated carbocycles. The molecule has 0 fully saturated rings. The second-order valence-electron chi connectivity index (χ2n) is 4.50. The summed E-state index contributed by atoms with van der Waals surface area (Å²) in [7, 11) is 1.06. The average molecular weight is 319 g/mol. The smallest absolute Gasteiger partial charge is 0.427 e. The van der Waals surface area contributed by atoms with E-state index in [1.54, 1.807) is 0 Å². The summed E-state index contributed by atoms with van der Waals surface area (Å²) >= 11 is 0. The third-order valence-corrected chi connectivity index (χ3v) is 2.92. The molecular formula is C12H12F7NO. The molecule has 0 aliphatic carbocycles. The van der Waals surface area contributed by atoms with Crippen LogP contribution < -0.4 is 10.5 Å². The molecule has 1 rings (SSSR count). The number of rotatable bonds is 3. The fraction of sp³-hybridized carbons (Fsp3) is 0.500. The summed E-state index contributed by atoms with van der Waals surface area (Å²) in [6.07, 6.45) is -13.8. The van der Waals surface area contributed by atoms with E-state index < -0.39 is 30.0 Å². The topological polar surface area (TPSA) is 35.2 Å². The Kier molecular flexibility index (Phi) is 4.36. The van der Waals surface area contributed by atoms with E-state index in [0.717, 1.165) is 7.11 Å². The first kappa shape index (κ1) is 17.4. The molecule has 0 radical (unpaired) electrons. The van der Waals surface area contributed by atoms with Crippen molar-refractivity contribution in [3.8, 4) is 5.75 Å². The number of anilines is 1. The first-order chi connectivity index (χ1) is 9.32. The Morgan fingerprint density at radius 1 is 1.05 bits per heavy atom. The number of ether oxygens (including phenoxy) is 1. The van der Waals surface area contributed by atoms with Crippen LogP contribution in [-0.2, 0) is 5.67 Å². The molecule has 2 nitrogen and oxygen atoms in total. The van der Waals surface area contributed by atoms with Gasteiger partial charge in [0.2, 0.25) is 5.67 Å². The van der Waals surface area contributed by atoms with Gasteiger partial charge in [-0.15, -0.1) is 0 Å². The molecule has 0 aliphatic rings. The molecule has 0 spiro atoms. The molecule has 120 valence electrons. The maximum atomic E-state index is 14.2. The molecule has 1 unspecified atom stereocenters. The van der Waals surface area contributed by atoms with Gasteiger partial charge in [0.1, 0.15) is 5.75 Å². The van der Waals surface area contributed by atoms with Crippen molar-refractivity contribution in [2.45, 2.75) is 31.4 Å². The molecule has 1 atom stereocenters. The number of halogens is 7. The fourth-order valence-corrected chi connectivity index (χ4v) is 1.81. The number of hydrogen-bond acceptors (Lipinski definition) is 2. The van der Waals surface area contributed by atoms with Crippen LogP contribution in [0.3, 0.4) is 0 Å². The van der Waals surface area contributed by atoms with Crippen LogP contribution in [-0.4, -0.2) is 19.5 Å². The Labute approximate surface area is 115 Å². The standard InChI is InChI=1S/C12H12F7NO/c1-6-3-7(4-8(21-2)9(6)20)10(13,12(17,18)19)5-11(14,15)16/h3-4H,5,20H2,1-2H3. The van der Waals surface area contributed by atoms with Crippen LogP contribution >= 0.6 is 0 Å². The van der Waals surface area contributed by atoms with E-state index >= 15 is 0 Å². The first-order valence-corrected chi connectivity index (χ1v) is 5.59. The number of benzene rings is 1. The summed E-state index contributed by atoms with van der Waals surface area (Å²) in [6.45, 7) is 1.24. The van der Waals surface area contributed by atoms with Gasteiger partial charge >= 0.3 is 12.4 Å². The molecule has 1 aromatic rings. The van der Waals surface area contributed by atoms with Gasteiger partial charge in [-0.3, -0.25) is 0 Å². The Bertz CT molecular complexity index is 524. The summed E-state index contributed by atoms with van der Waals surface area (Å²) in [4.78, 5) is 0. The lowest BCUT2D eigenvalue weighted by Gasteiger charge is -2.30. The normalized spacial score (nSPS) is 15.7. The van der Waals surface area contributed by atoms with Crippen molar-refractivity contribution in [3.05, 3.63) is 23.3 Å². The van der Waals surface area contributed by atoms with E-state index in [9.17, 15) is 30.7 Å². The zero-order valence-corrected chi connectivity index (χ0v) is 11.0. The van der Waals surface area contributed by atoms with Crippen molar-refractivity contribution in [1.82, 2.24) is 0 Å². The lowest BCUT2D eigenvalue weighted by atomic mass is 9.89. The van der Waals surface area contributed by atoms with Gasteiger partial charge in [0.15, 0.2) is 0 Å². The van der Waals surface area contributed by atoms with E-state index in [1.165, 1.54) is 6.92 Å². The second kappa shape index (κ2) is 5.27. The lowest BCUT2D eigenvalue weighted by molar-refractivity contribution is -0.273. The number of nitrogen functional groups attached to an aromatic ring is 1. The van der Waals surface area contributed by atoms with Crippen molar-refractivity contribution in [1.29, 1.82) is 0 Å². The predicted molar refractivity (Wildman–Crippen MR) is 61.7 cm³/mol. The van der Waals surface area contributed by atoms with Gasteiger partial charge in [0, 0.05) is 5.56 Å². The summed E-state index contributed by atoms with van der Waals surface area (Å²) in [5.41, 5.74) is -0.367. The Morgan fingerprint density at radius 3 is 1.95 bits per heavy atom. The van der Waals surface area contributed by atoms with Crippen LogP contribution in [0.2, 0.25) is 0 Å². The van der Waals surface area contributed by atoms with Crippen LogP contribution in [0, 0.1) is 6.92 Å². The van der Waals surface area contributed by atoms with E-state index in [1.807, 2.05) is 0 Å². The minimum atomic E-state index is -5.74. The molecule has 0 amide bonds. The van der Waals surface area contributed by atoms with Crippen LogP contribution in [0.5, 0.6) is 5.75 Å². The minimum absolute atomic E-state index is 0.0159. The SMILES string of the molecule is COc1cc(C(F)(CC(F)(F)F)C(F)(F)F)cc(C)c1N. The quantitative estimate of drug-likeness (QED) is 0.667. The highest BCUT2D eigenvalue weighted by Gasteiger charge is 2.62. The van der Waals surface area contributed by atoms with Crippen molar-refractivity contribution in [3.63, 3.8) is 0 Å². The summed E-state index contributed by atoms with van der Waals surface area (Å²) < 4.78 is 94.4. The molecule has 0 saturated heterocycles. The highest BCUT2D eigenvalue weighted by molar-refractivity contribution is 5.60. The summed E-state index contributed by atoms with van der Waals surface area (Å²) in [6, 6.07) is 1.17. The molecule has 0 aromatic heterocycles. The van der Waals surface area contributed by atoms with Gasteiger partial charge in [-0.2, -0.15) is 26.3 Å². The Balaban J connectivity index is 3.51. The number of alkyl halides is 7. The minimum Gasteiger partial charge on any atom is -0.495 e. The van der Waals surface area contributed by atoms with Crippen molar-refractivity contribution in [2.75, 3.05) is 12.8 Å². The van der Waals surface area contributed by atoms with E-state index in [2.05, 4.69) is 4.74 Å². The molecule has 21 heavy (non-hydrogen) atoms. The number of aryl methyl sites for hydroxylation is 1. The number of nitrogens with two attached hydrogens (primary N) is 1. The lowest BCUT2D eigenvalue weighted by Crippen LogP contribution is -2.42. The van der Waals surface area contributed by atoms with Gasteiger partial charge in [0.05, 0.1) is 19.2 Å². The molecule has 1 aromatic carbocycles. The van der Waals surface area contributed by atoms with E-state index in [0.29, 0.717) is 12.1 Å². The zero-order valence-electron chi connectivity index (χ0n) is 11.0. The maximum Gasteiger partial charge on any atom is 0.427 e. The second-order valence-corrected chi connectivity index (χ2v) is 4.50. The molecule has 0 aliphatic heterocycles. The van der Waals surface area contributed by atoms with E-state index in [-0.39, 0.29) is 17.0 Å². The Hall–Kier alpha value is -1.67. The fourth-order valence-electron chi connectivity index (χ4n) is 1.81. The zero-order chi connectivity index (χ0) is 16.6. The maximum absolute atomic E-state index is 14.2. The third kappa shape index (κ3) is 3.51. The van der Waals surface area contributed by atoms with Crippen LogP contribution in [0.1, 0.15) is 17.5 Å². The van der Waals surface area contributed by atoms with Crippen molar-refractivity contribution >= 4 is 5.69 Å². The van der Waals surface area contributed by atoms with Crippen LogP contribution in [0.25, 0.3) is 0 Å². The van der Waals surface area contributed by atoms with Gasteiger partial charge < -0.3 is 10.5 Å². The highest BCUT2D eigenvalue weighted by atomic mass is 19.4. The largest absolute Gasteiger partial charge is 0.495 e. The van der Waals surface area contributed by atoms with Gasteiger partial charge in [0.25, 0.3) is 0 Å². The van der Waals surface area contributed by atoms with Gasteiger partial charge in [-0.1, -0.05) is 6.07 Å². The molecule has 0 heterocycles. The molecular weight excluding hydrogens is 307 g/mol.